The van der Waals surface area contributed by atoms with E-state index >= 15 is 0 Å². The third kappa shape index (κ3) is 6.39. The van der Waals surface area contributed by atoms with Gasteiger partial charge < -0.3 is 23.2 Å². The molecule has 1 N–H and O–H groups in total. The maximum atomic E-state index is 10.4. The Bertz CT molecular complexity index is 999. The van der Waals surface area contributed by atoms with Crippen LogP contribution in [0.25, 0.3) is 11.4 Å². The second-order valence-electron chi connectivity index (χ2n) is 7.19. The third-order valence-electron chi connectivity index (χ3n) is 4.71. The predicted octanol–water partition coefficient (Wildman–Crippen LogP) is 3.55. The standard InChI is InChI=1S/C23H25N3O5/c27-19(16-28-17-21-9-5-13-30-21)14-26(15-20-8-4-12-29-20)11-10-22-24-23(25-31-22)18-6-2-1-3-7-18/h1-9,12-13,19,27H,10-11,14-17H2/t19-/m0/s1. The van der Waals surface area contributed by atoms with Crippen molar-refractivity contribution in [1.82, 2.24) is 15.0 Å². The number of nitrogens with zero attached hydrogens (tertiary/aromatic N) is 3. The Hall–Kier alpha value is -3.20. The zero-order chi connectivity index (χ0) is 21.3. The van der Waals surface area contributed by atoms with E-state index in [2.05, 4.69) is 15.0 Å². The van der Waals surface area contributed by atoms with Gasteiger partial charge in [-0.2, -0.15) is 4.98 Å². The summed E-state index contributed by atoms with van der Waals surface area (Å²) < 4.78 is 21.7. The molecule has 0 fully saturated rings. The van der Waals surface area contributed by atoms with Crippen molar-refractivity contribution in [3.8, 4) is 11.4 Å². The Kier molecular flexibility index (Phi) is 7.28. The van der Waals surface area contributed by atoms with Gasteiger partial charge in [0.25, 0.3) is 0 Å². The van der Waals surface area contributed by atoms with Gasteiger partial charge in [-0.1, -0.05) is 35.5 Å². The van der Waals surface area contributed by atoms with Crippen LogP contribution < -0.4 is 0 Å². The van der Waals surface area contributed by atoms with E-state index in [0.29, 0.717) is 44.4 Å². The molecule has 4 aromatic rings. The molecule has 1 aromatic carbocycles. The lowest BCUT2D eigenvalue weighted by Crippen LogP contribution is -2.35. The first-order valence-corrected chi connectivity index (χ1v) is 10.2. The second kappa shape index (κ2) is 10.7. The maximum Gasteiger partial charge on any atom is 0.228 e. The summed E-state index contributed by atoms with van der Waals surface area (Å²) >= 11 is 0. The van der Waals surface area contributed by atoms with Crippen LogP contribution in [0.5, 0.6) is 0 Å². The Morgan fingerprint density at radius 3 is 2.48 bits per heavy atom. The van der Waals surface area contributed by atoms with Crippen LogP contribution >= 0.6 is 0 Å². The molecule has 4 rings (SSSR count). The molecule has 0 radical (unpaired) electrons. The third-order valence-corrected chi connectivity index (χ3v) is 4.71. The molecule has 0 spiro atoms. The molecule has 0 aliphatic carbocycles. The van der Waals surface area contributed by atoms with E-state index < -0.39 is 6.10 Å². The van der Waals surface area contributed by atoms with Crippen LogP contribution in [0.2, 0.25) is 0 Å². The minimum Gasteiger partial charge on any atom is -0.468 e. The predicted molar refractivity (Wildman–Crippen MR) is 112 cm³/mol. The molecule has 0 bridgehead atoms. The molecular weight excluding hydrogens is 398 g/mol. The second-order valence-corrected chi connectivity index (χ2v) is 7.19. The minimum atomic E-state index is -0.660. The number of rotatable bonds is 12. The Morgan fingerprint density at radius 2 is 1.74 bits per heavy atom. The summed E-state index contributed by atoms with van der Waals surface area (Å²) in [5.41, 5.74) is 0.911. The van der Waals surface area contributed by atoms with Crippen LogP contribution in [-0.4, -0.2) is 45.9 Å². The molecule has 0 saturated heterocycles. The van der Waals surface area contributed by atoms with Crippen molar-refractivity contribution < 1.29 is 23.2 Å². The summed E-state index contributed by atoms with van der Waals surface area (Å²) in [6.45, 7) is 2.12. The van der Waals surface area contributed by atoms with Crippen molar-refractivity contribution in [3.05, 3.63) is 84.5 Å². The van der Waals surface area contributed by atoms with Crippen LogP contribution in [0.1, 0.15) is 17.4 Å². The van der Waals surface area contributed by atoms with E-state index in [1.165, 1.54) is 0 Å². The highest BCUT2D eigenvalue weighted by Gasteiger charge is 2.16. The first-order valence-electron chi connectivity index (χ1n) is 10.2. The largest absolute Gasteiger partial charge is 0.468 e. The van der Waals surface area contributed by atoms with Gasteiger partial charge in [0.2, 0.25) is 11.7 Å². The fourth-order valence-corrected chi connectivity index (χ4v) is 3.21. The zero-order valence-electron chi connectivity index (χ0n) is 17.1. The molecule has 8 heteroatoms. The van der Waals surface area contributed by atoms with Crippen molar-refractivity contribution >= 4 is 0 Å². The van der Waals surface area contributed by atoms with Gasteiger partial charge in [-0.15, -0.1) is 0 Å². The quantitative estimate of drug-likeness (QED) is 0.369. The minimum absolute atomic E-state index is 0.202. The molecule has 8 nitrogen and oxygen atoms in total. The maximum absolute atomic E-state index is 10.4. The molecule has 31 heavy (non-hydrogen) atoms. The van der Waals surface area contributed by atoms with Crippen molar-refractivity contribution in [2.45, 2.75) is 25.7 Å². The number of furan rings is 2. The SMILES string of the molecule is O[C@H](COCc1ccco1)CN(CCc1nc(-c2ccccc2)no1)Cc1ccco1. The van der Waals surface area contributed by atoms with Gasteiger partial charge in [0.1, 0.15) is 18.1 Å². The lowest BCUT2D eigenvalue weighted by molar-refractivity contribution is 0.00290. The normalized spacial score (nSPS) is 12.5. The number of hydrogen-bond donors (Lipinski definition) is 1. The van der Waals surface area contributed by atoms with Crippen LogP contribution in [0.4, 0.5) is 0 Å². The van der Waals surface area contributed by atoms with Gasteiger partial charge in [0, 0.05) is 25.1 Å². The molecule has 1 atom stereocenters. The first kappa shape index (κ1) is 21.0. The molecular formula is C23H25N3O5. The molecule has 0 unspecified atom stereocenters. The number of hydrogen-bond acceptors (Lipinski definition) is 8. The Morgan fingerprint density at radius 1 is 0.968 bits per heavy atom. The van der Waals surface area contributed by atoms with E-state index in [1.54, 1.807) is 18.6 Å². The summed E-state index contributed by atoms with van der Waals surface area (Å²) in [4.78, 5) is 6.56. The fraction of sp³-hybridized carbons (Fsp3) is 0.304. The number of aromatic nitrogens is 2. The summed E-state index contributed by atoms with van der Waals surface area (Å²) in [6, 6.07) is 17.1. The summed E-state index contributed by atoms with van der Waals surface area (Å²) in [5.74, 6) is 2.66. The molecule has 0 amide bonds. The van der Waals surface area contributed by atoms with Gasteiger partial charge in [-0.25, -0.2) is 0 Å². The number of benzene rings is 1. The van der Waals surface area contributed by atoms with Crippen molar-refractivity contribution in [1.29, 1.82) is 0 Å². The summed E-state index contributed by atoms with van der Waals surface area (Å²) in [6.07, 6.45) is 3.13. The van der Waals surface area contributed by atoms with Gasteiger partial charge in [0.05, 0.1) is 31.8 Å². The molecule has 0 aliphatic heterocycles. The van der Waals surface area contributed by atoms with Crippen molar-refractivity contribution in [2.75, 3.05) is 19.7 Å². The monoisotopic (exact) mass is 423 g/mol. The molecule has 3 heterocycles. The highest BCUT2D eigenvalue weighted by atomic mass is 16.5. The van der Waals surface area contributed by atoms with E-state index in [1.807, 2.05) is 48.5 Å². The van der Waals surface area contributed by atoms with Crippen LogP contribution in [0.15, 0.2) is 80.5 Å². The van der Waals surface area contributed by atoms with E-state index in [9.17, 15) is 5.11 Å². The zero-order valence-corrected chi connectivity index (χ0v) is 17.1. The first-order chi connectivity index (χ1) is 15.3. The van der Waals surface area contributed by atoms with E-state index in [0.717, 1.165) is 17.1 Å². The highest BCUT2D eigenvalue weighted by Crippen LogP contribution is 2.15. The van der Waals surface area contributed by atoms with Crippen LogP contribution in [0.3, 0.4) is 0 Å². The van der Waals surface area contributed by atoms with Gasteiger partial charge in [-0.05, 0) is 24.3 Å². The van der Waals surface area contributed by atoms with Gasteiger partial charge in [-0.3, -0.25) is 4.90 Å². The van der Waals surface area contributed by atoms with Crippen LogP contribution in [0, 0.1) is 0 Å². The van der Waals surface area contributed by atoms with E-state index in [-0.39, 0.29) is 6.61 Å². The van der Waals surface area contributed by atoms with Crippen molar-refractivity contribution in [3.63, 3.8) is 0 Å². The van der Waals surface area contributed by atoms with Gasteiger partial charge in [0.15, 0.2) is 0 Å². The Balaban J connectivity index is 1.31. The smallest absolute Gasteiger partial charge is 0.228 e. The summed E-state index contributed by atoms with van der Waals surface area (Å²) in [5, 5.41) is 14.5. The fourth-order valence-electron chi connectivity index (χ4n) is 3.21. The average molecular weight is 423 g/mol. The molecule has 162 valence electrons. The topological polar surface area (TPSA) is 97.9 Å². The molecule has 0 aliphatic rings. The summed E-state index contributed by atoms with van der Waals surface area (Å²) in [7, 11) is 0. The van der Waals surface area contributed by atoms with E-state index in [4.69, 9.17) is 18.1 Å². The lowest BCUT2D eigenvalue weighted by Gasteiger charge is -2.23. The van der Waals surface area contributed by atoms with Gasteiger partial charge >= 0.3 is 0 Å². The average Bonchev–Trinajstić information content (AvgIpc) is 3.56. The van der Waals surface area contributed by atoms with Crippen LogP contribution in [-0.2, 0) is 24.3 Å². The highest BCUT2D eigenvalue weighted by molar-refractivity contribution is 5.53. The van der Waals surface area contributed by atoms with Crippen molar-refractivity contribution in [2.24, 2.45) is 0 Å². The molecule has 0 saturated carbocycles. The number of aliphatic hydroxyl groups is 1. The molecule has 3 aromatic heterocycles. The number of ether oxygens (including phenoxy) is 1. The Labute approximate surface area is 180 Å². The number of aliphatic hydroxyl groups excluding tert-OH is 1. The lowest BCUT2D eigenvalue weighted by atomic mass is 10.2.